The van der Waals surface area contributed by atoms with Crippen molar-refractivity contribution >= 4 is 46.4 Å². The number of carbonyl (C=O) groups excluding carboxylic acids is 2. The molecule has 0 saturated carbocycles. The first-order valence-electron chi connectivity index (χ1n) is 16.7. The normalized spacial score (nSPS) is 11.7. The lowest BCUT2D eigenvalue weighted by Gasteiger charge is -2.19. The zero-order valence-electron chi connectivity index (χ0n) is 29.2. The number of rotatable bonds is 26. The van der Waals surface area contributed by atoms with Crippen molar-refractivity contribution in [2.24, 2.45) is 0 Å². The van der Waals surface area contributed by atoms with Gasteiger partial charge in [0.15, 0.2) is 17.0 Å². The Morgan fingerprint density at radius 2 is 1.43 bits per heavy atom. The van der Waals surface area contributed by atoms with Crippen molar-refractivity contribution in [3.8, 4) is 0 Å². The number of nitrogen functional groups attached to an aromatic ring is 2. The Morgan fingerprint density at radius 1 is 0.843 bits per heavy atom. The topological polar surface area (TPSA) is 248 Å². The molecule has 18 heteroatoms. The number of ether oxygens (including phenoxy) is 5. The molecule has 0 aliphatic rings. The van der Waals surface area contributed by atoms with Crippen LogP contribution in [0.25, 0.3) is 11.2 Å². The summed E-state index contributed by atoms with van der Waals surface area (Å²) < 4.78 is 27.0. The smallest absolute Gasteiger partial charge is 0.326 e. The summed E-state index contributed by atoms with van der Waals surface area (Å²) in [6.45, 7) is 7.40. The van der Waals surface area contributed by atoms with Crippen molar-refractivity contribution in [1.29, 1.82) is 0 Å². The first-order chi connectivity index (χ1) is 24.7. The van der Waals surface area contributed by atoms with Crippen LogP contribution in [-0.2, 0) is 39.8 Å². The van der Waals surface area contributed by atoms with Gasteiger partial charge in [0.1, 0.15) is 6.04 Å². The monoisotopic (exact) mass is 715 g/mol. The molecule has 0 spiro atoms. The molecular weight excluding hydrogens is 666 g/mol. The van der Waals surface area contributed by atoms with E-state index in [1.165, 1.54) is 0 Å². The first-order valence-corrected chi connectivity index (χ1v) is 16.7. The van der Waals surface area contributed by atoms with E-state index in [0.29, 0.717) is 76.3 Å². The molecule has 7 N–H and O–H groups in total. The quantitative estimate of drug-likeness (QED) is 0.0721. The van der Waals surface area contributed by atoms with Crippen LogP contribution in [0, 0.1) is 0 Å². The summed E-state index contributed by atoms with van der Waals surface area (Å²) >= 11 is 0. The molecule has 51 heavy (non-hydrogen) atoms. The number of hydrogen-bond acceptors (Lipinski definition) is 15. The molecule has 2 heterocycles. The van der Waals surface area contributed by atoms with E-state index in [-0.39, 0.29) is 49.2 Å². The van der Waals surface area contributed by atoms with Crippen molar-refractivity contribution < 1.29 is 43.2 Å². The maximum Gasteiger partial charge on any atom is 0.326 e. The first kappa shape index (κ1) is 40.7. The summed E-state index contributed by atoms with van der Waals surface area (Å²) in [5, 5.41) is 14.8. The fourth-order valence-corrected chi connectivity index (χ4v) is 4.51. The number of nitrogens with two attached hydrogens (primary N) is 2. The molecule has 280 valence electrons. The summed E-state index contributed by atoms with van der Waals surface area (Å²) in [5.41, 5.74) is 13.8. The minimum Gasteiger partial charge on any atom is -0.480 e. The third-order valence-corrected chi connectivity index (χ3v) is 7.14. The molecular formula is C33H49N9O9. The van der Waals surface area contributed by atoms with Crippen LogP contribution >= 0.6 is 0 Å². The zero-order chi connectivity index (χ0) is 36.8. The largest absolute Gasteiger partial charge is 0.480 e. The van der Waals surface area contributed by atoms with Crippen LogP contribution in [-0.4, -0.2) is 129 Å². The highest BCUT2D eigenvalue weighted by atomic mass is 16.6. The summed E-state index contributed by atoms with van der Waals surface area (Å²) in [5.74, 6) is -2.03. The Hall–Kier alpha value is -4.75. The molecule has 1 unspecified atom stereocenters. The van der Waals surface area contributed by atoms with Crippen molar-refractivity contribution in [2.45, 2.75) is 38.8 Å². The summed E-state index contributed by atoms with van der Waals surface area (Å²) in [7, 11) is 1.83. The predicted molar refractivity (Wildman–Crippen MR) is 188 cm³/mol. The molecule has 0 bridgehead atoms. The number of anilines is 3. The third kappa shape index (κ3) is 15.4. The second kappa shape index (κ2) is 22.9. The summed E-state index contributed by atoms with van der Waals surface area (Å²) in [6, 6.07) is 5.35. The number of fused-ring (bicyclic) bond motifs is 1. The van der Waals surface area contributed by atoms with Gasteiger partial charge in [0.25, 0.3) is 5.91 Å². The van der Waals surface area contributed by atoms with Crippen LogP contribution in [0.4, 0.5) is 17.5 Å². The van der Waals surface area contributed by atoms with Gasteiger partial charge in [-0.1, -0.05) is 6.92 Å². The zero-order valence-corrected chi connectivity index (χ0v) is 29.2. The number of carboxylic acid groups (broad SMARTS) is 1. The second-order valence-electron chi connectivity index (χ2n) is 11.2. The average molecular weight is 716 g/mol. The van der Waals surface area contributed by atoms with Crippen LogP contribution in [0.1, 0.15) is 42.2 Å². The summed E-state index contributed by atoms with van der Waals surface area (Å²) in [6.07, 6.45) is 2.38. The number of benzene rings is 1. The number of carbonyl (C=O) groups is 3. The van der Waals surface area contributed by atoms with Gasteiger partial charge in [-0.15, -0.1) is 0 Å². The Morgan fingerprint density at radius 3 is 2.02 bits per heavy atom. The van der Waals surface area contributed by atoms with Gasteiger partial charge in [-0.3, -0.25) is 9.59 Å². The van der Waals surface area contributed by atoms with Gasteiger partial charge >= 0.3 is 5.97 Å². The molecule has 0 saturated heterocycles. The van der Waals surface area contributed by atoms with E-state index in [4.69, 9.17) is 35.2 Å². The van der Waals surface area contributed by atoms with Crippen molar-refractivity contribution in [2.75, 3.05) is 96.0 Å². The fraction of sp³-hybridized carbons (Fsp3) is 0.545. The number of aliphatic carboxylic acids is 1. The molecule has 18 nitrogen and oxygen atoms in total. The fourth-order valence-electron chi connectivity index (χ4n) is 4.51. The molecule has 0 aliphatic heterocycles. The highest BCUT2D eigenvalue weighted by Gasteiger charge is 2.22. The lowest BCUT2D eigenvalue weighted by atomic mass is 10.1. The van der Waals surface area contributed by atoms with E-state index < -0.39 is 17.9 Å². The Bertz CT molecular complexity index is 1520. The SMILES string of the molecule is CCCOCCOCCOCCOCCOCCNC(=O)CCC(NC(=O)c1ccc(N(C)Cc2cnc3nc(N)nc(N)c3n2)cc1)C(=O)O. The molecule has 2 aromatic heterocycles. The van der Waals surface area contributed by atoms with Gasteiger partial charge in [-0.05, 0) is 37.1 Å². The van der Waals surface area contributed by atoms with Crippen LogP contribution < -0.4 is 27.0 Å². The molecule has 3 rings (SSSR count). The highest BCUT2D eigenvalue weighted by molar-refractivity contribution is 5.97. The number of hydrogen-bond donors (Lipinski definition) is 5. The molecule has 1 atom stereocenters. The van der Waals surface area contributed by atoms with Crippen molar-refractivity contribution in [3.63, 3.8) is 0 Å². The maximum atomic E-state index is 12.8. The minimum absolute atomic E-state index is 0.0135. The molecule has 3 aromatic rings. The minimum atomic E-state index is -1.25. The van der Waals surface area contributed by atoms with Gasteiger partial charge in [-0.25, -0.2) is 14.8 Å². The van der Waals surface area contributed by atoms with Crippen molar-refractivity contribution in [3.05, 3.63) is 41.7 Å². The third-order valence-electron chi connectivity index (χ3n) is 7.14. The van der Waals surface area contributed by atoms with E-state index in [2.05, 4.69) is 37.5 Å². The van der Waals surface area contributed by atoms with Crippen LogP contribution in [0.3, 0.4) is 0 Å². The lowest BCUT2D eigenvalue weighted by Crippen LogP contribution is -2.41. The number of amides is 2. The lowest BCUT2D eigenvalue weighted by molar-refractivity contribution is -0.139. The van der Waals surface area contributed by atoms with Crippen LogP contribution in [0.15, 0.2) is 30.5 Å². The van der Waals surface area contributed by atoms with E-state index in [1.807, 2.05) is 11.9 Å². The molecule has 0 aliphatic carbocycles. The molecule has 1 aromatic carbocycles. The highest BCUT2D eigenvalue weighted by Crippen LogP contribution is 2.19. The van der Waals surface area contributed by atoms with Gasteiger partial charge < -0.3 is 55.8 Å². The Balaban J connectivity index is 1.27. The number of nitrogens with zero attached hydrogens (tertiary/aromatic N) is 5. The predicted octanol–water partition coefficient (Wildman–Crippen LogP) is 0.793. The molecule has 0 radical (unpaired) electrons. The molecule has 0 fully saturated rings. The van der Waals surface area contributed by atoms with E-state index in [1.54, 1.807) is 30.5 Å². The van der Waals surface area contributed by atoms with E-state index in [9.17, 15) is 19.5 Å². The average Bonchev–Trinajstić information content (AvgIpc) is 3.11. The van der Waals surface area contributed by atoms with Gasteiger partial charge in [0, 0.05) is 37.9 Å². The van der Waals surface area contributed by atoms with Crippen LogP contribution in [0.2, 0.25) is 0 Å². The second-order valence-corrected chi connectivity index (χ2v) is 11.2. The molecule has 2 amide bonds. The number of carboxylic acids is 1. The standard InChI is InChI=1S/C33H49N9O9/c1-3-11-47-13-15-49-17-19-51-20-18-50-16-14-48-12-10-36-27(43)9-8-26(32(45)46)39-31(44)23-4-6-25(7-5-23)42(2)22-24-21-37-30-28(38-24)29(34)40-33(35)41-30/h4-7,21,26H,3,8-20,22H2,1-2H3,(H,36,43)(H,39,44)(H,45,46)(H4,34,35,37,40,41). The van der Waals surface area contributed by atoms with Gasteiger partial charge in [0.2, 0.25) is 11.9 Å². The van der Waals surface area contributed by atoms with Gasteiger partial charge in [-0.2, -0.15) is 9.97 Å². The summed E-state index contributed by atoms with van der Waals surface area (Å²) in [4.78, 5) is 55.4. The number of aromatic nitrogens is 4. The Labute approximate surface area is 296 Å². The van der Waals surface area contributed by atoms with E-state index >= 15 is 0 Å². The maximum absolute atomic E-state index is 12.8. The van der Waals surface area contributed by atoms with Gasteiger partial charge in [0.05, 0.1) is 77.9 Å². The van der Waals surface area contributed by atoms with Crippen LogP contribution in [0.5, 0.6) is 0 Å². The van der Waals surface area contributed by atoms with E-state index in [0.717, 1.165) is 18.7 Å². The Kier molecular flexibility index (Phi) is 18.2. The van der Waals surface area contributed by atoms with Crippen molar-refractivity contribution in [1.82, 2.24) is 30.6 Å². The number of nitrogens with one attached hydrogen (secondary N) is 2.